The zero-order valence-electron chi connectivity index (χ0n) is 9.45. The molecule has 0 atom stereocenters. The molecule has 0 unspecified atom stereocenters. The second-order valence-corrected chi connectivity index (χ2v) is 5.51. The van der Waals surface area contributed by atoms with Gasteiger partial charge in [0.25, 0.3) is 0 Å². The Kier molecular flexibility index (Phi) is 2.74. The number of benzene rings is 1. The Labute approximate surface area is 107 Å². The van der Waals surface area contributed by atoms with Gasteiger partial charge in [-0.1, -0.05) is 0 Å². The summed E-state index contributed by atoms with van der Waals surface area (Å²) in [6.45, 7) is 0. The largest absolute Gasteiger partial charge is 0.293 e. The number of rotatable bonds is 3. The Morgan fingerprint density at radius 1 is 1.17 bits per heavy atom. The molecular formula is C14H10F2OS. The first-order valence-corrected chi connectivity index (χ1v) is 6.56. The molecule has 1 heterocycles. The van der Waals surface area contributed by atoms with Crippen molar-refractivity contribution in [2.24, 2.45) is 5.92 Å². The molecule has 0 radical (unpaired) electrons. The van der Waals surface area contributed by atoms with Crippen molar-refractivity contribution in [3.63, 3.8) is 0 Å². The molecule has 0 amide bonds. The van der Waals surface area contributed by atoms with E-state index in [1.54, 1.807) is 12.1 Å². The summed E-state index contributed by atoms with van der Waals surface area (Å²) in [6.07, 6.45) is 1.89. The molecule has 1 aliphatic rings. The Hall–Kier alpha value is -1.55. The molecule has 4 heteroatoms. The van der Waals surface area contributed by atoms with Crippen molar-refractivity contribution in [1.82, 2.24) is 0 Å². The highest BCUT2D eigenvalue weighted by atomic mass is 32.1. The van der Waals surface area contributed by atoms with Crippen molar-refractivity contribution >= 4 is 17.1 Å². The lowest BCUT2D eigenvalue weighted by Crippen LogP contribution is -1.96. The first kappa shape index (κ1) is 11.5. The fraction of sp³-hybridized carbons (Fsp3) is 0.214. The van der Waals surface area contributed by atoms with Crippen molar-refractivity contribution in [2.45, 2.75) is 12.8 Å². The zero-order chi connectivity index (χ0) is 12.7. The average molecular weight is 264 g/mol. The number of carbonyl (C=O) groups excluding carboxylic acids is 1. The predicted octanol–water partition coefficient (Wildman–Crippen LogP) is 4.29. The summed E-state index contributed by atoms with van der Waals surface area (Å²) in [5, 5.41) is 0. The van der Waals surface area contributed by atoms with Crippen LogP contribution in [0.3, 0.4) is 0 Å². The zero-order valence-corrected chi connectivity index (χ0v) is 10.3. The maximum atomic E-state index is 13.6. The quantitative estimate of drug-likeness (QED) is 0.756. The lowest BCUT2D eigenvalue weighted by atomic mass is 10.1. The third-order valence-electron chi connectivity index (χ3n) is 2.99. The summed E-state index contributed by atoms with van der Waals surface area (Å²) in [6, 6.07) is 6.73. The van der Waals surface area contributed by atoms with Gasteiger partial charge in [-0.3, -0.25) is 4.79 Å². The molecule has 92 valence electrons. The highest BCUT2D eigenvalue weighted by Gasteiger charge is 2.31. The lowest BCUT2D eigenvalue weighted by molar-refractivity contribution is 0.0971. The molecule has 1 saturated carbocycles. The second-order valence-electron chi connectivity index (χ2n) is 4.43. The van der Waals surface area contributed by atoms with Gasteiger partial charge < -0.3 is 0 Å². The van der Waals surface area contributed by atoms with Gasteiger partial charge in [0.05, 0.1) is 4.88 Å². The van der Waals surface area contributed by atoms with E-state index in [4.69, 9.17) is 0 Å². The van der Waals surface area contributed by atoms with Crippen LogP contribution in [0.15, 0.2) is 30.3 Å². The molecule has 1 aliphatic carbocycles. The van der Waals surface area contributed by atoms with E-state index < -0.39 is 11.6 Å². The summed E-state index contributed by atoms with van der Waals surface area (Å²) < 4.78 is 26.7. The highest BCUT2D eigenvalue weighted by molar-refractivity contribution is 7.17. The number of hydrogen-bond donors (Lipinski definition) is 0. The Morgan fingerprint density at radius 3 is 2.67 bits per heavy atom. The molecule has 0 saturated heterocycles. The summed E-state index contributed by atoms with van der Waals surface area (Å²) in [5.74, 6) is -0.671. The predicted molar refractivity (Wildman–Crippen MR) is 66.7 cm³/mol. The van der Waals surface area contributed by atoms with E-state index in [-0.39, 0.29) is 17.3 Å². The Morgan fingerprint density at radius 2 is 1.94 bits per heavy atom. The van der Waals surface area contributed by atoms with Gasteiger partial charge >= 0.3 is 0 Å². The molecule has 1 aromatic heterocycles. The molecule has 1 nitrogen and oxygen atoms in total. The van der Waals surface area contributed by atoms with Crippen LogP contribution in [0.5, 0.6) is 0 Å². The molecule has 1 aromatic carbocycles. The van der Waals surface area contributed by atoms with Gasteiger partial charge in [0.1, 0.15) is 11.6 Å². The first-order valence-electron chi connectivity index (χ1n) is 5.74. The Bertz CT molecular complexity index is 614. The van der Waals surface area contributed by atoms with Gasteiger partial charge in [-0.2, -0.15) is 0 Å². The molecule has 0 spiro atoms. The van der Waals surface area contributed by atoms with Crippen molar-refractivity contribution in [3.05, 3.63) is 46.8 Å². The van der Waals surface area contributed by atoms with E-state index in [2.05, 4.69) is 0 Å². The SMILES string of the molecule is O=C(c1ccc(-c2cc(F)ccc2F)s1)C1CC1. The van der Waals surface area contributed by atoms with Crippen LogP contribution in [0.25, 0.3) is 10.4 Å². The van der Waals surface area contributed by atoms with Gasteiger partial charge in [-0.05, 0) is 43.2 Å². The minimum absolute atomic E-state index is 0.128. The van der Waals surface area contributed by atoms with Gasteiger partial charge in [0.2, 0.25) is 0 Å². The van der Waals surface area contributed by atoms with E-state index in [0.717, 1.165) is 31.0 Å². The van der Waals surface area contributed by atoms with E-state index in [9.17, 15) is 13.6 Å². The van der Waals surface area contributed by atoms with Gasteiger partial charge in [0.15, 0.2) is 5.78 Å². The molecule has 0 N–H and O–H groups in total. The van der Waals surface area contributed by atoms with Crippen molar-refractivity contribution in [1.29, 1.82) is 0 Å². The smallest absolute Gasteiger partial charge is 0.175 e. The van der Waals surface area contributed by atoms with Crippen LogP contribution in [0.2, 0.25) is 0 Å². The van der Waals surface area contributed by atoms with Crippen LogP contribution >= 0.6 is 11.3 Å². The maximum Gasteiger partial charge on any atom is 0.175 e. The minimum Gasteiger partial charge on any atom is -0.293 e. The highest BCUT2D eigenvalue weighted by Crippen LogP contribution is 2.37. The maximum absolute atomic E-state index is 13.6. The summed E-state index contributed by atoms with van der Waals surface area (Å²) >= 11 is 1.23. The van der Waals surface area contributed by atoms with E-state index in [1.807, 2.05) is 0 Å². The van der Waals surface area contributed by atoms with E-state index in [0.29, 0.717) is 9.75 Å². The number of carbonyl (C=O) groups is 1. The number of hydrogen-bond acceptors (Lipinski definition) is 2. The average Bonchev–Trinajstić information content (AvgIpc) is 3.09. The fourth-order valence-corrected chi connectivity index (χ4v) is 2.89. The minimum atomic E-state index is -0.477. The van der Waals surface area contributed by atoms with Crippen LogP contribution in [0, 0.1) is 17.6 Å². The van der Waals surface area contributed by atoms with Gasteiger partial charge in [0, 0.05) is 16.4 Å². The van der Waals surface area contributed by atoms with E-state index >= 15 is 0 Å². The molecule has 3 rings (SSSR count). The molecule has 18 heavy (non-hydrogen) atoms. The van der Waals surface area contributed by atoms with Crippen LogP contribution in [-0.2, 0) is 0 Å². The van der Waals surface area contributed by atoms with Crippen LogP contribution in [0.4, 0.5) is 8.78 Å². The van der Waals surface area contributed by atoms with Gasteiger partial charge in [-0.25, -0.2) is 8.78 Å². The summed E-state index contributed by atoms with van der Waals surface area (Å²) in [5.41, 5.74) is 0.217. The number of ketones is 1. The third kappa shape index (κ3) is 2.08. The molecule has 0 bridgehead atoms. The number of halogens is 2. The first-order chi connectivity index (χ1) is 8.65. The topological polar surface area (TPSA) is 17.1 Å². The third-order valence-corrected chi connectivity index (χ3v) is 4.12. The Balaban J connectivity index is 1.97. The summed E-state index contributed by atoms with van der Waals surface area (Å²) in [4.78, 5) is 13.1. The van der Waals surface area contributed by atoms with Gasteiger partial charge in [-0.15, -0.1) is 11.3 Å². The van der Waals surface area contributed by atoms with Crippen LogP contribution in [-0.4, -0.2) is 5.78 Å². The lowest BCUT2D eigenvalue weighted by Gasteiger charge is -1.99. The molecule has 0 aliphatic heterocycles. The van der Waals surface area contributed by atoms with Crippen molar-refractivity contribution in [2.75, 3.05) is 0 Å². The van der Waals surface area contributed by atoms with Crippen LogP contribution in [0.1, 0.15) is 22.5 Å². The van der Waals surface area contributed by atoms with Crippen molar-refractivity contribution < 1.29 is 13.6 Å². The molecule has 1 fully saturated rings. The molecular weight excluding hydrogens is 254 g/mol. The normalized spacial score (nSPS) is 14.8. The molecule has 2 aromatic rings. The summed E-state index contributed by atoms with van der Waals surface area (Å²) in [7, 11) is 0. The number of thiophene rings is 1. The van der Waals surface area contributed by atoms with Crippen molar-refractivity contribution in [3.8, 4) is 10.4 Å². The monoisotopic (exact) mass is 264 g/mol. The standard InChI is InChI=1S/C14H10F2OS/c15-9-3-4-11(16)10(7-9)12-5-6-13(18-12)14(17)8-1-2-8/h3-8H,1-2H2. The van der Waals surface area contributed by atoms with E-state index in [1.165, 1.54) is 11.3 Å². The number of Topliss-reactive ketones (excluding diaryl/α,β-unsaturated/α-hetero) is 1. The van der Waals surface area contributed by atoms with Crippen LogP contribution < -0.4 is 0 Å². The fourth-order valence-electron chi connectivity index (χ4n) is 1.85. The second kappa shape index (κ2) is 4.28.